The summed E-state index contributed by atoms with van der Waals surface area (Å²) >= 11 is 0. The van der Waals surface area contributed by atoms with E-state index in [9.17, 15) is 35.9 Å². The Morgan fingerprint density at radius 1 is 0.838 bits per heavy atom. The molecule has 0 saturated carbocycles. The minimum absolute atomic E-state index is 0.0216. The fourth-order valence-corrected chi connectivity index (χ4v) is 4.92. The third-order valence-corrected chi connectivity index (χ3v) is 6.23. The van der Waals surface area contributed by atoms with Gasteiger partial charge >= 0.3 is 24.3 Å². The number of carbonyl (C=O) groups excluding carboxylic acids is 2. The molecule has 0 atom stereocenters. The molecule has 37 heavy (non-hydrogen) atoms. The molecule has 0 unspecified atom stereocenters. The van der Waals surface area contributed by atoms with E-state index in [4.69, 9.17) is 14.2 Å². The molecule has 0 aliphatic heterocycles. The number of hydrogen-bond donors (Lipinski definition) is 0. The second-order valence-electron chi connectivity index (χ2n) is 9.07. The molecule has 5 nitrogen and oxygen atoms in total. The van der Waals surface area contributed by atoms with Gasteiger partial charge in [-0.1, -0.05) is 13.8 Å². The van der Waals surface area contributed by atoms with Crippen molar-refractivity contribution in [1.82, 2.24) is 0 Å². The van der Waals surface area contributed by atoms with E-state index in [-0.39, 0.29) is 56.3 Å². The Morgan fingerprint density at radius 2 is 1.43 bits per heavy atom. The van der Waals surface area contributed by atoms with Crippen LogP contribution in [-0.2, 0) is 27.4 Å². The molecule has 1 aliphatic carbocycles. The normalized spacial score (nSPS) is 14.2. The van der Waals surface area contributed by atoms with Crippen molar-refractivity contribution in [2.45, 2.75) is 45.5 Å². The zero-order chi connectivity index (χ0) is 27.7. The van der Waals surface area contributed by atoms with Crippen LogP contribution in [0.4, 0.5) is 26.3 Å². The van der Waals surface area contributed by atoms with Crippen LogP contribution in [0.25, 0.3) is 21.9 Å². The summed E-state index contributed by atoms with van der Waals surface area (Å²) in [5.41, 5.74) is -4.86. The van der Waals surface area contributed by atoms with Crippen LogP contribution < -0.4 is 14.2 Å². The molecule has 0 bridgehead atoms. The Morgan fingerprint density at radius 3 is 1.95 bits per heavy atom. The highest BCUT2D eigenvalue weighted by molar-refractivity contribution is 6.10. The number of esters is 2. The molecule has 0 aromatic heterocycles. The van der Waals surface area contributed by atoms with Gasteiger partial charge in [0.15, 0.2) is 11.5 Å². The van der Waals surface area contributed by atoms with Gasteiger partial charge in [-0.2, -0.15) is 26.3 Å². The Kier molecular flexibility index (Phi) is 5.97. The van der Waals surface area contributed by atoms with Crippen LogP contribution in [-0.4, -0.2) is 19.0 Å². The van der Waals surface area contributed by atoms with Crippen LogP contribution in [0.15, 0.2) is 30.3 Å². The van der Waals surface area contributed by atoms with E-state index in [1.165, 1.54) is 39.2 Å². The highest BCUT2D eigenvalue weighted by atomic mass is 19.4. The van der Waals surface area contributed by atoms with Crippen molar-refractivity contribution in [3.63, 3.8) is 0 Å². The minimum atomic E-state index is -5.10. The SMILES string of the molecule is COc1c(OC(C)=O)ccc2c(OC(C)=O)cc3c(c12)-c1cc(C(F)(F)F)cc(C(F)(F)F)c1C3(C)C. The molecule has 3 aromatic carbocycles. The van der Waals surface area contributed by atoms with Gasteiger partial charge in [0.1, 0.15) is 5.75 Å². The molecule has 0 amide bonds. The molecule has 4 rings (SSSR count). The lowest BCUT2D eigenvalue weighted by Gasteiger charge is -2.26. The lowest BCUT2D eigenvalue weighted by atomic mass is 9.79. The van der Waals surface area contributed by atoms with Crippen LogP contribution in [0.3, 0.4) is 0 Å². The molecule has 11 heteroatoms. The quantitative estimate of drug-likeness (QED) is 0.208. The van der Waals surface area contributed by atoms with Gasteiger partial charge in [0, 0.05) is 30.0 Å². The maximum Gasteiger partial charge on any atom is 0.416 e. The number of carbonyl (C=O) groups is 2. The maximum atomic E-state index is 14.2. The first-order chi connectivity index (χ1) is 17.0. The van der Waals surface area contributed by atoms with E-state index < -0.39 is 40.8 Å². The average molecular weight is 526 g/mol. The molecule has 0 fully saturated rings. The van der Waals surface area contributed by atoms with Crippen molar-refractivity contribution >= 4 is 22.7 Å². The summed E-state index contributed by atoms with van der Waals surface area (Å²) < 4.78 is 99.8. The summed E-state index contributed by atoms with van der Waals surface area (Å²) in [5, 5.41) is 0.200. The van der Waals surface area contributed by atoms with Gasteiger partial charge in [0.05, 0.1) is 18.2 Å². The number of benzene rings is 3. The summed E-state index contributed by atoms with van der Waals surface area (Å²) in [4.78, 5) is 23.5. The largest absolute Gasteiger partial charge is 0.492 e. The Balaban J connectivity index is 2.27. The molecule has 0 radical (unpaired) electrons. The Labute approximate surface area is 206 Å². The smallest absolute Gasteiger partial charge is 0.416 e. The van der Waals surface area contributed by atoms with Crippen molar-refractivity contribution in [1.29, 1.82) is 0 Å². The lowest BCUT2D eigenvalue weighted by molar-refractivity contribution is -0.143. The molecular weight excluding hydrogens is 506 g/mol. The number of ether oxygens (including phenoxy) is 3. The van der Waals surface area contributed by atoms with Gasteiger partial charge in [0.25, 0.3) is 0 Å². The molecule has 0 spiro atoms. The number of alkyl halides is 6. The van der Waals surface area contributed by atoms with Crippen molar-refractivity contribution in [2.24, 2.45) is 0 Å². The maximum absolute atomic E-state index is 14.2. The van der Waals surface area contributed by atoms with Gasteiger partial charge < -0.3 is 14.2 Å². The first-order valence-electron chi connectivity index (χ1n) is 10.9. The molecule has 0 saturated heterocycles. The number of rotatable bonds is 3. The fraction of sp³-hybridized carbons (Fsp3) is 0.308. The number of halogens is 6. The van der Waals surface area contributed by atoms with Gasteiger partial charge in [-0.05, 0) is 52.6 Å². The predicted molar refractivity (Wildman–Crippen MR) is 121 cm³/mol. The number of hydrogen-bond acceptors (Lipinski definition) is 5. The van der Waals surface area contributed by atoms with Gasteiger partial charge in [-0.3, -0.25) is 9.59 Å². The average Bonchev–Trinajstić information content (AvgIpc) is 2.97. The zero-order valence-electron chi connectivity index (χ0n) is 20.2. The molecular formula is C26H20F6O5. The summed E-state index contributed by atoms with van der Waals surface area (Å²) in [6, 6.07) is 4.83. The fourth-order valence-electron chi connectivity index (χ4n) is 4.92. The third kappa shape index (κ3) is 4.25. The zero-order valence-corrected chi connectivity index (χ0v) is 20.2. The molecule has 3 aromatic rings. The predicted octanol–water partition coefficient (Wildman–Crippen LogP) is 7.04. The van der Waals surface area contributed by atoms with Crippen molar-refractivity contribution in [3.05, 3.63) is 52.6 Å². The molecule has 0 N–H and O–H groups in total. The van der Waals surface area contributed by atoms with E-state index in [1.807, 2.05) is 0 Å². The van der Waals surface area contributed by atoms with Crippen molar-refractivity contribution in [3.8, 4) is 28.4 Å². The highest BCUT2D eigenvalue weighted by Gasteiger charge is 2.48. The van der Waals surface area contributed by atoms with E-state index in [0.29, 0.717) is 6.07 Å². The van der Waals surface area contributed by atoms with E-state index in [0.717, 1.165) is 13.8 Å². The van der Waals surface area contributed by atoms with E-state index in [1.54, 1.807) is 0 Å². The van der Waals surface area contributed by atoms with Crippen LogP contribution in [0.5, 0.6) is 17.2 Å². The molecule has 0 heterocycles. The first-order valence-corrected chi connectivity index (χ1v) is 10.9. The topological polar surface area (TPSA) is 61.8 Å². The van der Waals surface area contributed by atoms with Crippen LogP contribution in [0.1, 0.15) is 49.9 Å². The van der Waals surface area contributed by atoms with Gasteiger partial charge in [0.2, 0.25) is 0 Å². The van der Waals surface area contributed by atoms with Crippen molar-refractivity contribution < 1.29 is 50.1 Å². The van der Waals surface area contributed by atoms with E-state index >= 15 is 0 Å². The van der Waals surface area contributed by atoms with Gasteiger partial charge in [-0.25, -0.2) is 0 Å². The Bertz CT molecular complexity index is 1470. The Hall–Kier alpha value is -3.76. The second-order valence-corrected chi connectivity index (χ2v) is 9.07. The van der Waals surface area contributed by atoms with Gasteiger partial charge in [-0.15, -0.1) is 0 Å². The molecule has 1 aliphatic rings. The van der Waals surface area contributed by atoms with Crippen LogP contribution >= 0.6 is 0 Å². The number of fused-ring (bicyclic) bond motifs is 5. The van der Waals surface area contributed by atoms with E-state index in [2.05, 4.69) is 0 Å². The highest BCUT2D eigenvalue weighted by Crippen LogP contribution is 2.59. The summed E-state index contributed by atoms with van der Waals surface area (Å²) in [7, 11) is 1.21. The second kappa shape index (κ2) is 8.39. The summed E-state index contributed by atoms with van der Waals surface area (Å²) in [5.74, 6) is -1.73. The summed E-state index contributed by atoms with van der Waals surface area (Å²) in [6.07, 6.45) is -10.2. The minimum Gasteiger partial charge on any atom is -0.492 e. The molecule has 196 valence electrons. The lowest BCUT2D eigenvalue weighted by Crippen LogP contribution is -2.22. The summed E-state index contributed by atoms with van der Waals surface area (Å²) in [6.45, 7) is 5.12. The first kappa shape index (κ1) is 26.3. The van der Waals surface area contributed by atoms with Crippen LogP contribution in [0.2, 0.25) is 0 Å². The standard InChI is InChI=1S/C26H20F6O5/c1-11(33)36-18-7-6-14-19(37-12(2)34)10-16-20(21(14)23(18)35-5)15-8-13(25(27,28)29)9-17(26(30,31)32)22(15)24(16,3)4/h6-10H,1-5H3. The van der Waals surface area contributed by atoms with Crippen LogP contribution in [0, 0.1) is 0 Å². The number of methoxy groups -OCH3 is 1. The monoisotopic (exact) mass is 526 g/mol. The third-order valence-electron chi connectivity index (χ3n) is 6.23. The van der Waals surface area contributed by atoms with Crippen molar-refractivity contribution in [2.75, 3.05) is 7.11 Å².